The third-order valence-electron chi connectivity index (χ3n) is 0.489. The van der Waals surface area contributed by atoms with E-state index < -0.39 is 0 Å². The molecule has 0 bridgehead atoms. The summed E-state index contributed by atoms with van der Waals surface area (Å²) in [6.45, 7) is 0. The van der Waals surface area contributed by atoms with E-state index in [0.717, 1.165) is 0 Å². The van der Waals surface area contributed by atoms with Crippen LogP contribution in [0.4, 0.5) is 0 Å². The molecule has 0 fully saturated rings. The molecule has 0 aromatic heterocycles. The third kappa shape index (κ3) is 0.765. The van der Waals surface area contributed by atoms with E-state index >= 15 is 0 Å². The fourth-order valence-corrected chi connectivity index (χ4v) is 0.321. The van der Waals surface area contributed by atoms with Gasteiger partial charge in [0.1, 0.15) is 0 Å². The molecule has 0 aliphatic carbocycles. The zero-order valence-corrected chi connectivity index (χ0v) is 4.14. The van der Waals surface area contributed by atoms with E-state index in [9.17, 15) is 0 Å². The molecule has 0 amide bonds. The first-order valence-corrected chi connectivity index (χ1v) is 2.03. The standard InChI is InChI=1S/C3HN3S/c7-2-3-1-4-6-5-3/h1H. The van der Waals surface area contributed by atoms with Gasteiger partial charge < -0.3 is 0 Å². The van der Waals surface area contributed by atoms with E-state index in [1.54, 1.807) is 0 Å². The summed E-state index contributed by atoms with van der Waals surface area (Å²) in [5.74, 6) is 0. The first-order chi connectivity index (χ1) is 3.43. The Morgan fingerprint density at radius 3 is 2.86 bits per heavy atom. The molecule has 34 valence electrons. The third-order valence-corrected chi connectivity index (χ3v) is 0.698. The molecule has 0 unspecified atom stereocenters. The minimum atomic E-state index is 0.523. The highest BCUT2D eigenvalue weighted by Gasteiger charge is 1.90. The van der Waals surface area contributed by atoms with Crippen LogP contribution in [0.1, 0.15) is 0 Å². The van der Waals surface area contributed by atoms with Crippen molar-refractivity contribution in [1.82, 2.24) is 0 Å². The Bertz CT molecular complexity index is 161. The van der Waals surface area contributed by atoms with Crippen LogP contribution in [-0.2, 0) is 0 Å². The van der Waals surface area contributed by atoms with Crippen molar-refractivity contribution in [3.05, 3.63) is 5.70 Å². The van der Waals surface area contributed by atoms with E-state index in [-0.39, 0.29) is 0 Å². The summed E-state index contributed by atoms with van der Waals surface area (Å²) in [4.78, 5) is 0. The zero-order chi connectivity index (χ0) is 5.11. The number of rotatable bonds is 0. The van der Waals surface area contributed by atoms with Crippen LogP contribution in [-0.4, -0.2) is 11.2 Å². The van der Waals surface area contributed by atoms with Crippen LogP contribution in [0.3, 0.4) is 0 Å². The summed E-state index contributed by atoms with van der Waals surface area (Å²) in [7, 11) is 0. The highest BCUT2D eigenvalue weighted by atomic mass is 32.1. The van der Waals surface area contributed by atoms with Crippen molar-refractivity contribution in [2.75, 3.05) is 0 Å². The monoisotopic (exact) mass is 111 g/mol. The summed E-state index contributed by atoms with van der Waals surface area (Å²) in [6, 6.07) is 0. The van der Waals surface area contributed by atoms with E-state index in [4.69, 9.17) is 0 Å². The van der Waals surface area contributed by atoms with Gasteiger partial charge in [-0.1, -0.05) is 0 Å². The highest BCUT2D eigenvalue weighted by Crippen LogP contribution is 1.95. The lowest BCUT2D eigenvalue weighted by Crippen LogP contribution is -1.68. The van der Waals surface area contributed by atoms with Crippen molar-refractivity contribution in [2.24, 2.45) is 15.4 Å². The Hall–Kier alpha value is -0.860. The summed E-state index contributed by atoms with van der Waals surface area (Å²) in [5.41, 5.74) is 0.523. The molecule has 1 rings (SSSR count). The molecule has 0 aromatic carbocycles. The molecule has 0 aromatic rings. The van der Waals surface area contributed by atoms with Crippen molar-refractivity contribution < 1.29 is 0 Å². The van der Waals surface area contributed by atoms with Gasteiger partial charge in [0.2, 0.25) is 0 Å². The Kier molecular flexibility index (Phi) is 1.06. The Labute approximate surface area is 45.4 Å². The van der Waals surface area contributed by atoms with Gasteiger partial charge in [0.05, 0.1) is 6.21 Å². The lowest BCUT2D eigenvalue weighted by molar-refractivity contribution is 1.10. The summed E-state index contributed by atoms with van der Waals surface area (Å²) >= 11 is 4.38. The van der Waals surface area contributed by atoms with Crippen molar-refractivity contribution in [1.29, 1.82) is 0 Å². The minimum Gasteiger partial charge on any atom is -0.136 e. The second kappa shape index (κ2) is 1.73. The molecular weight excluding hydrogens is 110 g/mol. The average molecular weight is 111 g/mol. The fourth-order valence-electron chi connectivity index (χ4n) is 0.227. The topological polar surface area (TPSA) is 37.1 Å². The molecular formula is C3HN3S. The second-order valence-corrected chi connectivity index (χ2v) is 1.13. The first-order valence-electron chi connectivity index (χ1n) is 1.62. The zero-order valence-electron chi connectivity index (χ0n) is 3.33. The SMILES string of the molecule is S=C=C1C=NN=N1. The number of allylic oxidation sites excluding steroid dienone is 1. The number of hydrogen-bond acceptors (Lipinski definition) is 4. The van der Waals surface area contributed by atoms with Crippen LogP contribution in [0.5, 0.6) is 0 Å². The number of hydrogen-bond donors (Lipinski definition) is 0. The van der Waals surface area contributed by atoms with Crippen molar-refractivity contribution in [2.45, 2.75) is 0 Å². The molecule has 7 heavy (non-hydrogen) atoms. The fraction of sp³-hybridized carbons (Fsp3) is 0. The molecule has 4 heteroatoms. The van der Waals surface area contributed by atoms with E-state index in [1.807, 2.05) is 0 Å². The normalized spacial score (nSPS) is 15.1. The van der Waals surface area contributed by atoms with Crippen molar-refractivity contribution in [3.63, 3.8) is 0 Å². The van der Waals surface area contributed by atoms with Gasteiger partial charge in [0.25, 0.3) is 0 Å². The largest absolute Gasteiger partial charge is 0.161 e. The Balaban J connectivity index is 3.00. The van der Waals surface area contributed by atoms with E-state index in [2.05, 4.69) is 32.7 Å². The molecule has 0 saturated heterocycles. The molecule has 0 atom stereocenters. The Morgan fingerprint density at radius 2 is 2.57 bits per heavy atom. The van der Waals surface area contributed by atoms with Gasteiger partial charge in [-0.25, -0.2) is 0 Å². The molecule has 0 N–H and O–H groups in total. The lowest BCUT2D eigenvalue weighted by Gasteiger charge is -1.64. The predicted molar refractivity (Wildman–Crippen MR) is 29.5 cm³/mol. The maximum atomic E-state index is 4.38. The Morgan fingerprint density at radius 1 is 1.71 bits per heavy atom. The van der Waals surface area contributed by atoms with Gasteiger partial charge in [-0.05, 0) is 22.5 Å². The smallest absolute Gasteiger partial charge is 0.136 e. The molecule has 0 saturated carbocycles. The molecule has 1 aliphatic rings. The average Bonchev–Trinajstić information content (AvgIpc) is 2.14. The van der Waals surface area contributed by atoms with Crippen LogP contribution < -0.4 is 0 Å². The number of thiocarbonyl (C=S) groups is 1. The van der Waals surface area contributed by atoms with Crippen LogP contribution >= 0.6 is 12.2 Å². The van der Waals surface area contributed by atoms with Crippen molar-refractivity contribution in [3.8, 4) is 0 Å². The minimum absolute atomic E-state index is 0.523. The lowest BCUT2D eigenvalue weighted by atomic mass is 10.6. The molecule has 1 heterocycles. The highest BCUT2D eigenvalue weighted by molar-refractivity contribution is 7.78. The van der Waals surface area contributed by atoms with Gasteiger partial charge in [-0.2, -0.15) is 0 Å². The van der Waals surface area contributed by atoms with Gasteiger partial charge in [0.15, 0.2) is 5.70 Å². The van der Waals surface area contributed by atoms with Crippen LogP contribution in [0, 0.1) is 0 Å². The molecule has 0 radical (unpaired) electrons. The summed E-state index contributed by atoms with van der Waals surface area (Å²) in [6.07, 6.45) is 1.45. The van der Waals surface area contributed by atoms with Gasteiger partial charge in [0, 0.05) is 0 Å². The van der Waals surface area contributed by atoms with Gasteiger partial charge in [-0.15, -0.1) is 10.2 Å². The quantitative estimate of drug-likeness (QED) is 0.428. The molecule has 1 aliphatic heterocycles. The summed E-state index contributed by atoms with van der Waals surface area (Å²) in [5, 5.41) is 12.5. The van der Waals surface area contributed by atoms with Crippen LogP contribution in [0.15, 0.2) is 21.1 Å². The molecule has 0 spiro atoms. The first kappa shape index (κ1) is 4.30. The van der Waals surface area contributed by atoms with E-state index in [1.165, 1.54) is 6.21 Å². The maximum absolute atomic E-state index is 4.38. The van der Waals surface area contributed by atoms with Crippen LogP contribution in [0.25, 0.3) is 0 Å². The van der Waals surface area contributed by atoms with Crippen LogP contribution in [0.2, 0.25) is 0 Å². The van der Waals surface area contributed by atoms with Crippen molar-refractivity contribution >= 4 is 23.5 Å². The molecule has 3 nitrogen and oxygen atoms in total. The number of nitrogens with zero attached hydrogens (tertiary/aromatic N) is 3. The second-order valence-electron chi connectivity index (χ2n) is 0.921. The van der Waals surface area contributed by atoms with Gasteiger partial charge in [-0.3, -0.25) is 0 Å². The summed E-state index contributed by atoms with van der Waals surface area (Å²) < 4.78 is 0. The predicted octanol–water partition coefficient (Wildman–Crippen LogP) is 0.920. The van der Waals surface area contributed by atoms with E-state index in [0.29, 0.717) is 5.70 Å². The maximum Gasteiger partial charge on any atom is 0.161 e. The van der Waals surface area contributed by atoms with Gasteiger partial charge >= 0.3 is 0 Å².